The largest absolute Gasteiger partial charge is 0.465 e. The van der Waals surface area contributed by atoms with Crippen LogP contribution in [-0.4, -0.2) is 17.8 Å². The van der Waals surface area contributed by atoms with Gasteiger partial charge in [0.2, 0.25) is 0 Å². The summed E-state index contributed by atoms with van der Waals surface area (Å²) in [6, 6.07) is 7.57. The van der Waals surface area contributed by atoms with Crippen molar-refractivity contribution in [1.82, 2.24) is 4.68 Å². The zero-order chi connectivity index (χ0) is 12.6. The van der Waals surface area contributed by atoms with Gasteiger partial charge in [-0.2, -0.15) is 0 Å². The molecule has 17 heavy (non-hydrogen) atoms. The molecule has 0 unspecified atom stereocenters. The Morgan fingerprint density at radius 2 is 2.00 bits per heavy atom. The van der Waals surface area contributed by atoms with Crippen LogP contribution in [0.5, 0.6) is 0 Å². The number of rotatable bonds is 2. The Labute approximate surface area is 99.9 Å². The van der Waals surface area contributed by atoms with Crippen LogP contribution < -0.4 is 5.84 Å². The maximum Gasteiger partial charge on any atom is 0.340 e. The molecule has 1 heterocycles. The van der Waals surface area contributed by atoms with Crippen molar-refractivity contribution in [1.29, 1.82) is 0 Å². The lowest BCUT2D eigenvalue weighted by molar-refractivity contribution is 0.0601. The first-order valence-electron chi connectivity index (χ1n) is 5.54. The fourth-order valence-electron chi connectivity index (χ4n) is 2.17. The van der Waals surface area contributed by atoms with E-state index in [4.69, 9.17) is 10.6 Å². The number of benzene rings is 1. The SMILES string of the molecule is COC(=O)c1c(C(C)C)n(N)c2ccccc12. The standard InChI is InChI=1S/C13H16N2O2/c1-8(2)12-11(13(16)17-3)9-6-4-5-7-10(9)15(12)14/h4-8H,14H2,1-3H3. The van der Waals surface area contributed by atoms with E-state index in [2.05, 4.69) is 0 Å². The molecule has 0 saturated heterocycles. The molecule has 0 fully saturated rings. The predicted molar refractivity (Wildman–Crippen MR) is 67.5 cm³/mol. The molecule has 90 valence electrons. The van der Waals surface area contributed by atoms with Gasteiger partial charge in [-0.25, -0.2) is 4.79 Å². The molecule has 0 spiro atoms. The molecule has 1 aromatic heterocycles. The van der Waals surface area contributed by atoms with Gasteiger partial charge in [0.15, 0.2) is 0 Å². The van der Waals surface area contributed by atoms with E-state index in [-0.39, 0.29) is 11.9 Å². The maximum atomic E-state index is 11.9. The Bertz CT molecular complexity index is 570. The average molecular weight is 232 g/mol. The van der Waals surface area contributed by atoms with Crippen LogP contribution in [0.2, 0.25) is 0 Å². The van der Waals surface area contributed by atoms with Crippen LogP contribution in [0.25, 0.3) is 10.9 Å². The van der Waals surface area contributed by atoms with E-state index in [1.54, 1.807) is 4.68 Å². The number of fused-ring (bicyclic) bond motifs is 1. The highest BCUT2D eigenvalue weighted by molar-refractivity contribution is 6.06. The minimum absolute atomic E-state index is 0.154. The number of hydrogen-bond donors (Lipinski definition) is 1. The predicted octanol–water partition coefficient (Wildman–Crippen LogP) is 2.27. The minimum Gasteiger partial charge on any atom is -0.465 e. The molecule has 1 aromatic carbocycles. The summed E-state index contributed by atoms with van der Waals surface area (Å²) in [4.78, 5) is 11.9. The Balaban J connectivity index is 2.86. The highest BCUT2D eigenvalue weighted by Crippen LogP contribution is 2.29. The number of nitrogens with two attached hydrogens (primary N) is 1. The molecule has 4 nitrogen and oxygen atoms in total. The molecule has 2 N–H and O–H groups in total. The van der Waals surface area contributed by atoms with Crippen LogP contribution in [0.15, 0.2) is 24.3 Å². The number of nitrogens with zero attached hydrogens (tertiary/aromatic N) is 1. The monoisotopic (exact) mass is 232 g/mol. The molecule has 0 aliphatic heterocycles. The lowest BCUT2D eigenvalue weighted by atomic mass is 10.0. The van der Waals surface area contributed by atoms with E-state index in [9.17, 15) is 4.79 Å². The number of para-hydroxylation sites is 1. The number of carbonyl (C=O) groups excluding carboxylic acids is 1. The van der Waals surface area contributed by atoms with Crippen LogP contribution in [0.4, 0.5) is 0 Å². The van der Waals surface area contributed by atoms with Crippen LogP contribution in [0.1, 0.15) is 35.8 Å². The second-order valence-electron chi connectivity index (χ2n) is 4.29. The summed E-state index contributed by atoms with van der Waals surface area (Å²) in [5, 5.41) is 0.838. The van der Waals surface area contributed by atoms with Gasteiger partial charge in [0, 0.05) is 5.39 Å². The van der Waals surface area contributed by atoms with Crippen molar-refractivity contribution >= 4 is 16.9 Å². The van der Waals surface area contributed by atoms with Crippen molar-refractivity contribution in [2.45, 2.75) is 19.8 Å². The molecule has 0 aliphatic carbocycles. The third-order valence-electron chi connectivity index (χ3n) is 2.88. The molecule has 0 radical (unpaired) electrons. The van der Waals surface area contributed by atoms with Gasteiger partial charge >= 0.3 is 5.97 Å². The van der Waals surface area contributed by atoms with E-state index >= 15 is 0 Å². The number of hydrogen-bond acceptors (Lipinski definition) is 3. The Morgan fingerprint density at radius 3 is 2.59 bits per heavy atom. The maximum absolute atomic E-state index is 11.9. The van der Waals surface area contributed by atoms with Gasteiger partial charge in [0.1, 0.15) is 0 Å². The third kappa shape index (κ3) is 1.65. The molecule has 0 saturated carbocycles. The van der Waals surface area contributed by atoms with Gasteiger partial charge in [0.05, 0.1) is 23.9 Å². The van der Waals surface area contributed by atoms with E-state index in [1.807, 2.05) is 38.1 Å². The van der Waals surface area contributed by atoms with Crippen molar-refractivity contribution in [3.05, 3.63) is 35.5 Å². The van der Waals surface area contributed by atoms with E-state index in [0.29, 0.717) is 5.56 Å². The van der Waals surface area contributed by atoms with Gasteiger partial charge in [-0.15, -0.1) is 0 Å². The summed E-state index contributed by atoms with van der Waals surface area (Å²) in [6.45, 7) is 4.01. The number of esters is 1. The third-order valence-corrected chi connectivity index (χ3v) is 2.88. The second kappa shape index (κ2) is 4.13. The molecule has 2 aromatic rings. The molecule has 0 bridgehead atoms. The van der Waals surface area contributed by atoms with E-state index < -0.39 is 0 Å². The fraction of sp³-hybridized carbons (Fsp3) is 0.308. The summed E-state index contributed by atoms with van der Waals surface area (Å²) in [7, 11) is 1.38. The van der Waals surface area contributed by atoms with Crippen LogP contribution >= 0.6 is 0 Å². The molecule has 0 atom stereocenters. The summed E-state index contributed by atoms with van der Waals surface area (Å²) < 4.78 is 6.42. The van der Waals surface area contributed by atoms with E-state index in [1.165, 1.54) is 7.11 Å². The van der Waals surface area contributed by atoms with Crippen molar-refractivity contribution < 1.29 is 9.53 Å². The number of ether oxygens (including phenoxy) is 1. The first kappa shape index (κ1) is 11.5. The summed E-state index contributed by atoms with van der Waals surface area (Å²) in [5.74, 6) is 5.86. The van der Waals surface area contributed by atoms with Crippen molar-refractivity contribution in [3.63, 3.8) is 0 Å². The number of nitrogen functional groups attached to an aromatic ring is 1. The van der Waals surface area contributed by atoms with Crippen LogP contribution in [0.3, 0.4) is 0 Å². The van der Waals surface area contributed by atoms with Crippen molar-refractivity contribution in [2.24, 2.45) is 0 Å². The number of methoxy groups -OCH3 is 1. The van der Waals surface area contributed by atoms with Gasteiger partial charge in [-0.1, -0.05) is 32.0 Å². The minimum atomic E-state index is -0.339. The summed E-state index contributed by atoms with van der Waals surface area (Å²) in [5.41, 5.74) is 2.22. The summed E-state index contributed by atoms with van der Waals surface area (Å²) >= 11 is 0. The van der Waals surface area contributed by atoms with Gasteiger partial charge in [-0.05, 0) is 12.0 Å². The summed E-state index contributed by atoms with van der Waals surface area (Å²) in [6.07, 6.45) is 0. The average Bonchev–Trinajstić information content (AvgIpc) is 2.62. The number of aromatic nitrogens is 1. The first-order valence-corrected chi connectivity index (χ1v) is 5.54. The normalized spacial score (nSPS) is 11.1. The number of carbonyl (C=O) groups is 1. The second-order valence-corrected chi connectivity index (χ2v) is 4.29. The fourth-order valence-corrected chi connectivity index (χ4v) is 2.17. The van der Waals surface area contributed by atoms with Gasteiger partial charge in [0.25, 0.3) is 0 Å². The lowest BCUT2D eigenvalue weighted by Gasteiger charge is -2.09. The van der Waals surface area contributed by atoms with Gasteiger partial charge in [-0.3, -0.25) is 4.68 Å². The Kier molecular flexibility index (Phi) is 2.79. The quantitative estimate of drug-likeness (QED) is 0.638. The molecular formula is C13H16N2O2. The van der Waals surface area contributed by atoms with Crippen molar-refractivity contribution in [2.75, 3.05) is 13.0 Å². The molecule has 2 rings (SSSR count). The zero-order valence-corrected chi connectivity index (χ0v) is 10.2. The van der Waals surface area contributed by atoms with Crippen LogP contribution in [-0.2, 0) is 4.74 Å². The van der Waals surface area contributed by atoms with Crippen LogP contribution in [0, 0.1) is 0 Å². The highest BCUT2D eigenvalue weighted by Gasteiger charge is 2.23. The molecule has 0 amide bonds. The smallest absolute Gasteiger partial charge is 0.340 e. The Morgan fingerprint density at radius 1 is 1.35 bits per heavy atom. The lowest BCUT2D eigenvalue weighted by Crippen LogP contribution is -2.15. The van der Waals surface area contributed by atoms with Crippen molar-refractivity contribution in [3.8, 4) is 0 Å². The van der Waals surface area contributed by atoms with Gasteiger partial charge < -0.3 is 10.6 Å². The Hall–Kier alpha value is -1.97. The zero-order valence-electron chi connectivity index (χ0n) is 10.2. The molecule has 4 heteroatoms. The first-order chi connectivity index (χ1) is 8.07. The topological polar surface area (TPSA) is 57.2 Å². The molecule has 0 aliphatic rings. The van der Waals surface area contributed by atoms with E-state index in [0.717, 1.165) is 16.6 Å². The molecular weight excluding hydrogens is 216 g/mol. The highest BCUT2D eigenvalue weighted by atomic mass is 16.5.